The summed E-state index contributed by atoms with van der Waals surface area (Å²) in [4.78, 5) is 5.30. The zero-order valence-electron chi connectivity index (χ0n) is 12.0. The second-order valence-corrected chi connectivity index (χ2v) is 6.55. The molecule has 1 N–H and O–H groups in total. The first-order chi connectivity index (χ1) is 10.3. The van der Waals surface area contributed by atoms with Crippen LogP contribution in [0.1, 0.15) is 5.56 Å². The van der Waals surface area contributed by atoms with E-state index in [4.69, 9.17) is 0 Å². The molecule has 1 aromatic heterocycles. The van der Waals surface area contributed by atoms with Gasteiger partial charge in [0.25, 0.3) is 0 Å². The molecule has 0 spiro atoms. The molecule has 0 atom stereocenters. The van der Waals surface area contributed by atoms with Gasteiger partial charge in [-0.25, -0.2) is 26.9 Å². The number of rotatable bonds is 5. The summed E-state index contributed by atoms with van der Waals surface area (Å²) in [5.41, 5.74) is 0.671. The van der Waals surface area contributed by atoms with Crippen molar-refractivity contribution in [2.75, 3.05) is 19.0 Å². The number of sulfonamides is 1. The maximum absolute atomic E-state index is 13.6. The number of pyridine rings is 1. The van der Waals surface area contributed by atoms with Crippen molar-refractivity contribution in [2.24, 2.45) is 0 Å². The van der Waals surface area contributed by atoms with E-state index in [0.29, 0.717) is 17.4 Å². The number of benzene rings is 1. The van der Waals surface area contributed by atoms with E-state index in [2.05, 4.69) is 9.71 Å². The topological polar surface area (TPSA) is 62.3 Å². The summed E-state index contributed by atoms with van der Waals surface area (Å²) in [6.07, 6.45) is 1.55. The molecule has 0 saturated heterocycles. The molecule has 0 amide bonds. The first-order valence-electron chi connectivity index (χ1n) is 6.36. The Morgan fingerprint density at radius 3 is 2.55 bits per heavy atom. The fourth-order valence-electron chi connectivity index (χ4n) is 1.76. The van der Waals surface area contributed by atoms with Crippen molar-refractivity contribution in [2.45, 2.75) is 11.4 Å². The highest BCUT2D eigenvalue weighted by molar-refractivity contribution is 7.89. The molecule has 8 heteroatoms. The van der Waals surface area contributed by atoms with Gasteiger partial charge in [-0.2, -0.15) is 0 Å². The van der Waals surface area contributed by atoms with E-state index in [0.717, 1.165) is 12.1 Å². The third-order valence-corrected chi connectivity index (χ3v) is 4.35. The third kappa shape index (κ3) is 3.77. The Kier molecular flexibility index (Phi) is 4.72. The average molecular weight is 327 g/mol. The van der Waals surface area contributed by atoms with E-state index in [-0.39, 0.29) is 6.54 Å². The van der Waals surface area contributed by atoms with Crippen LogP contribution in [-0.2, 0) is 16.6 Å². The highest BCUT2D eigenvalue weighted by atomic mass is 32.2. The van der Waals surface area contributed by atoms with Gasteiger partial charge in [-0.05, 0) is 29.8 Å². The predicted molar refractivity (Wildman–Crippen MR) is 78.9 cm³/mol. The number of hydrogen-bond acceptors (Lipinski definition) is 4. The monoisotopic (exact) mass is 327 g/mol. The Morgan fingerprint density at radius 2 is 1.91 bits per heavy atom. The van der Waals surface area contributed by atoms with Crippen molar-refractivity contribution in [3.05, 3.63) is 53.7 Å². The van der Waals surface area contributed by atoms with E-state index >= 15 is 0 Å². The minimum atomic E-state index is -4.06. The van der Waals surface area contributed by atoms with Crippen LogP contribution in [0.2, 0.25) is 0 Å². The fourth-order valence-corrected chi connectivity index (χ4v) is 2.84. The van der Waals surface area contributed by atoms with E-state index in [1.807, 2.05) is 14.1 Å². The lowest BCUT2D eigenvalue weighted by atomic mass is 10.2. The zero-order valence-corrected chi connectivity index (χ0v) is 12.9. The lowest BCUT2D eigenvalue weighted by Crippen LogP contribution is -2.24. The number of hydrogen-bond donors (Lipinski definition) is 1. The molecule has 0 aliphatic heterocycles. The van der Waals surface area contributed by atoms with Gasteiger partial charge in [0.15, 0.2) is 0 Å². The maximum Gasteiger partial charge on any atom is 0.243 e. The van der Waals surface area contributed by atoms with Crippen LogP contribution in [0.15, 0.2) is 41.4 Å². The SMILES string of the molecule is CN(C)c1cc(CNS(=O)(=O)c2ccc(F)cc2F)ccn1. The van der Waals surface area contributed by atoms with Gasteiger partial charge in [-0.1, -0.05) is 0 Å². The molecule has 0 aliphatic carbocycles. The molecule has 0 unspecified atom stereocenters. The zero-order chi connectivity index (χ0) is 16.3. The molecule has 1 aromatic carbocycles. The molecule has 118 valence electrons. The van der Waals surface area contributed by atoms with Crippen molar-refractivity contribution in [1.29, 1.82) is 0 Å². The van der Waals surface area contributed by atoms with Gasteiger partial charge < -0.3 is 4.90 Å². The summed E-state index contributed by atoms with van der Waals surface area (Å²) in [5.74, 6) is -1.29. The van der Waals surface area contributed by atoms with Gasteiger partial charge in [0.05, 0.1) is 0 Å². The van der Waals surface area contributed by atoms with Gasteiger partial charge >= 0.3 is 0 Å². The Labute approximate surface area is 127 Å². The van der Waals surface area contributed by atoms with E-state index in [9.17, 15) is 17.2 Å². The molecule has 0 aliphatic rings. The number of nitrogens with zero attached hydrogens (tertiary/aromatic N) is 2. The molecule has 5 nitrogen and oxygen atoms in total. The Morgan fingerprint density at radius 1 is 1.18 bits per heavy atom. The maximum atomic E-state index is 13.6. The summed E-state index contributed by atoms with van der Waals surface area (Å²) in [6.45, 7) is -0.0253. The van der Waals surface area contributed by atoms with Gasteiger partial charge in [-0.15, -0.1) is 0 Å². The number of halogens is 2. The lowest BCUT2D eigenvalue weighted by Gasteiger charge is -2.13. The fraction of sp³-hybridized carbons (Fsp3) is 0.214. The van der Waals surface area contributed by atoms with Gasteiger partial charge in [0.2, 0.25) is 10.0 Å². The van der Waals surface area contributed by atoms with Crippen LogP contribution in [0, 0.1) is 11.6 Å². The normalized spacial score (nSPS) is 11.5. The number of anilines is 1. The molecule has 0 fully saturated rings. The Hall–Kier alpha value is -2.06. The Bertz CT molecular complexity index is 779. The Balaban J connectivity index is 2.18. The van der Waals surface area contributed by atoms with Crippen LogP contribution in [-0.4, -0.2) is 27.5 Å². The van der Waals surface area contributed by atoms with Crippen LogP contribution in [0.5, 0.6) is 0 Å². The van der Waals surface area contributed by atoms with Gasteiger partial charge in [0.1, 0.15) is 22.3 Å². The van der Waals surface area contributed by atoms with Crippen molar-refractivity contribution in [1.82, 2.24) is 9.71 Å². The first-order valence-corrected chi connectivity index (χ1v) is 7.85. The summed E-state index contributed by atoms with van der Waals surface area (Å²) in [7, 11) is -0.445. The molecular formula is C14H15F2N3O2S. The molecule has 0 bridgehead atoms. The highest BCUT2D eigenvalue weighted by Gasteiger charge is 2.19. The number of nitrogens with one attached hydrogen (secondary N) is 1. The first kappa shape index (κ1) is 16.3. The van der Waals surface area contributed by atoms with Gasteiger partial charge in [-0.3, -0.25) is 0 Å². The third-order valence-electron chi connectivity index (χ3n) is 2.92. The van der Waals surface area contributed by atoms with Crippen LogP contribution < -0.4 is 9.62 Å². The van der Waals surface area contributed by atoms with E-state index in [1.165, 1.54) is 0 Å². The minimum Gasteiger partial charge on any atom is -0.363 e. The second kappa shape index (κ2) is 6.37. The van der Waals surface area contributed by atoms with Crippen molar-refractivity contribution in [3.63, 3.8) is 0 Å². The summed E-state index contributed by atoms with van der Waals surface area (Å²) >= 11 is 0. The highest BCUT2D eigenvalue weighted by Crippen LogP contribution is 2.16. The number of aromatic nitrogens is 1. The molecule has 0 radical (unpaired) electrons. The smallest absolute Gasteiger partial charge is 0.243 e. The largest absolute Gasteiger partial charge is 0.363 e. The van der Waals surface area contributed by atoms with Crippen LogP contribution in [0.4, 0.5) is 14.6 Å². The summed E-state index contributed by atoms with van der Waals surface area (Å²) in [5, 5.41) is 0. The molecule has 2 rings (SSSR count). The molecular weight excluding hydrogens is 312 g/mol. The predicted octanol–water partition coefficient (Wildman–Crippen LogP) is 1.90. The summed E-state index contributed by atoms with van der Waals surface area (Å²) < 4.78 is 52.8. The standard InChI is InChI=1S/C14H15F2N3O2S/c1-19(2)14-7-10(5-6-17-14)9-18-22(20,21)13-4-3-11(15)8-12(13)16/h3-8,18H,9H2,1-2H3. The quantitative estimate of drug-likeness (QED) is 0.911. The van der Waals surface area contributed by atoms with E-state index < -0.39 is 26.6 Å². The van der Waals surface area contributed by atoms with Crippen LogP contribution in [0.3, 0.4) is 0 Å². The van der Waals surface area contributed by atoms with Crippen molar-refractivity contribution < 1.29 is 17.2 Å². The van der Waals surface area contributed by atoms with Crippen LogP contribution >= 0.6 is 0 Å². The molecule has 0 saturated carbocycles. The van der Waals surface area contributed by atoms with Gasteiger partial charge in [0, 0.05) is 32.9 Å². The molecule has 22 heavy (non-hydrogen) atoms. The van der Waals surface area contributed by atoms with Crippen LogP contribution in [0.25, 0.3) is 0 Å². The molecule has 1 heterocycles. The van der Waals surface area contributed by atoms with E-state index in [1.54, 1.807) is 23.2 Å². The second-order valence-electron chi connectivity index (χ2n) is 4.82. The molecule has 2 aromatic rings. The minimum absolute atomic E-state index is 0.0253. The van der Waals surface area contributed by atoms with Crippen molar-refractivity contribution in [3.8, 4) is 0 Å². The average Bonchev–Trinajstić information content (AvgIpc) is 2.45. The lowest BCUT2D eigenvalue weighted by molar-refractivity contribution is 0.543. The van der Waals surface area contributed by atoms with Crippen molar-refractivity contribution >= 4 is 15.8 Å². The summed E-state index contributed by atoms with van der Waals surface area (Å²) in [6, 6.07) is 5.68.